The maximum Gasteiger partial charge on any atom is 0.100 e. The maximum atomic E-state index is 5.22. The predicted octanol–water partition coefficient (Wildman–Crippen LogP) is 0.479. The second-order valence-corrected chi connectivity index (χ2v) is 2.41. The van der Waals surface area contributed by atoms with E-state index in [0.29, 0.717) is 6.42 Å². The van der Waals surface area contributed by atoms with E-state index in [4.69, 9.17) is 6.42 Å². The molecule has 1 atom stereocenters. The first-order valence-corrected chi connectivity index (χ1v) is 3.91. The largest absolute Gasteiger partial charge is 0.308 e. The lowest BCUT2D eigenvalue weighted by Crippen LogP contribution is -2.20. The van der Waals surface area contributed by atoms with Gasteiger partial charge in [0, 0.05) is 6.42 Å². The zero-order chi connectivity index (χ0) is 8.81. The summed E-state index contributed by atoms with van der Waals surface area (Å²) in [6.07, 6.45) is 7.54. The molecule has 0 aliphatic rings. The van der Waals surface area contributed by atoms with Gasteiger partial charge in [-0.1, -0.05) is 6.92 Å². The van der Waals surface area contributed by atoms with Crippen molar-refractivity contribution < 1.29 is 0 Å². The Hall–Kier alpha value is -1.34. The Balaban J connectivity index is 2.61. The van der Waals surface area contributed by atoms with Crippen LogP contribution in [0.15, 0.2) is 6.20 Å². The fourth-order valence-corrected chi connectivity index (χ4v) is 1.02. The molecule has 64 valence electrons. The van der Waals surface area contributed by atoms with Crippen molar-refractivity contribution in [3.05, 3.63) is 11.9 Å². The highest BCUT2D eigenvalue weighted by Crippen LogP contribution is 2.10. The van der Waals surface area contributed by atoms with Crippen molar-refractivity contribution in [2.75, 3.05) is 6.54 Å². The predicted molar refractivity (Wildman–Crippen MR) is 46.3 cm³/mol. The third kappa shape index (κ3) is 2.07. The van der Waals surface area contributed by atoms with Crippen LogP contribution < -0.4 is 5.32 Å². The molecule has 12 heavy (non-hydrogen) atoms. The Bertz CT molecular complexity index is 247. The lowest BCUT2D eigenvalue weighted by molar-refractivity contribution is 0.550. The van der Waals surface area contributed by atoms with Crippen molar-refractivity contribution in [3.63, 3.8) is 0 Å². The zero-order valence-electron chi connectivity index (χ0n) is 7.04. The molecule has 1 unspecified atom stereocenters. The lowest BCUT2D eigenvalue weighted by Gasteiger charge is -2.10. The van der Waals surface area contributed by atoms with Gasteiger partial charge in [0.2, 0.25) is 0 Å². The van der Waals surface area contributed by atoms with E-state index in [1.54, 1.807) is 6.20 Å². The fourth-order valence-electron chi connectivity index (χ4n) is 1.02. The molecule has 4 heteroatoms. The van der Waals surface area contributed by atoms with Gasteiger partial charge in [-0.3, -0.25) is 0 Å². The number of aromatic nitrogens is 3. The minimum absolute atomic E-state index is 0.124. The molecule has 1 rings (SSSR count). The molecule has 0 saturated carbocycles. The molecule has 0 amide bonds. The van der Waals surface area contributed by atoms with Crippen LogP contribution in [0.1, 0.15) is 25.1 Å². The second kappa shape index (κ2) is 4.52. The van der Waals surface area contributed by atoms with Crippen LogP contribution in [0.3, 0.4) is 0 Å². The van der Waals surface area contributed by atoms with Crippen LogP contribution in [0.2, 0.25) is 0 Å². The van der Waals surface area contributed by atoms with E-state index >= 15 is 0 Å². The third-order valence-electron chi connectivity index (χ3n) is 1.56. The highest BCUT2D eigenvalue weighted by Gasteiger charge is 2.10. The number of aromatic amines is 1. The number of hydrogen-bond donors (Lipinski definition) is 2. The Kier molecular flexibility index (Phi) is 3.30. The van der Waals surface area contributed by atoms with Crippen molar-refractivity contribution in [3.8, 4) is 12.3 Å². The van der Waals surface area contributed by atoms with Crippen LogP contribution in [0, 0.1) is 12.3 Å². The first kappa shape index (κ1) is 8.75. The summed E-state index contributed by atoms with van der Waals surface area (Å²) in [6.45, 7) is 2.91. The maximum absolute atomic E-state index is 5.22. The Morgan fingerprint density at radius 1 is 1.83 bits per heavy atom. The first-order valence-electron chi connectivity index (χ1n) is 3.91. The van der Waals surface area contributed by atoms with Gasteiger partial charge in [0.1, 0.15) is 5.69 Å². The number of nitrogens with zero attached hydrogens (tertiary/aromatic N) is 2. The summed E-state index contributed by atoms with van der Waals surface area (Å²) in [5.41, 5.74) is 0.870. The molecule has 0 fully saturated rings. The fraction of sp³-hybridized carbons (Fsp3) is 0.500. The third-order valence-corrected chi connectivity index (χ3v) is 1.56. The summed E-state index contributed by atoms with van der Waals surface area (Å²) in [4.78, 5) is 0. The average molecular weight is 164 g/mol. The van der Waals surface area contributed by atoms with Crippen molar-refractivity contribution in [2.45, 2.75) is 19.4 Å². The van der Waals surface area contributed by atoms with Gasteiger partial charge in [-0.15, -0.1) is 12.3 Å². The SMILES string of the molecule is C#CCC(NCC)c1cn[nH]n1. The molecule has 2 N–H and O–H groups in total. The summed E-state index contributed by atoms with van der Waals surface area (Å²) in [6, 6.07) is 0.124. The Morgan fingerprint density at radius 3 is 3.17 bits per heavy atom. The number of terminal acetylenes is 1. The van der Waals surface area contributed by atoms with E-state index < -0.39 is 0 Å². The molecule has 1 aromatic heterocycles. The number of nitrogens with one attached hydrogen (secondary N) is 2. The van der Waals surface area contributed by atoms with Gasteiger partial charge in [0.05, 0.1) is 12.2 Å². The van der Waals surface area contributed by atoms with E-state index in [9.17, 15) is 0 Å². The van der Waals surface area contributed by atoms with Gasteiger partial charge < -0.3 is 5.32 Å². The smallest absolute Gasteiger partial charge is 0.100 e. The summed E-state index contributed by atoms with van der Waals surface area (Å²) in [7, 11) is 0. The van der Waals surface area contributed by atoms with Gasteiger partial charge >= 0.3 is 0 Å². The minimum atomic E-state index is 0.124. The number of rotatable bonds is 4. The minimum Gasteiger partial charge on any atom is -0.308 e. The molecule has 0 aliphatic heterocycles. The van der Waals surface area contributed by atoms with Crippen LogP contribution in [0.5, 0.6) is 0 Å². The van der Waals surface area contributed by atoms with Crippen molar-refractivity contribution in [1.82, 2.24) is 20.7 Å². The highest BCUT2D eigenvalue weighted by molar-refractivity contribution is 5.04. The summed E-state index contributed by atoms with van der Waals surface area (Å²) < 4.78 is 0. The van der Waals surface area contributed by atoms with E-state index in [2.05, 4.69) is 26.6 Å². The van der Waals surface area contributed by atoms with E-state index in [1.165, 1.54) is 0 Å². The van der Waals surface area contributed by atoms with Gasteiger partial charge in [-0.25, -0.2) is 0 Å². The number of H-pyrrole nitrogens is 1. The Morgan fingerprint density at radius 2 is 2.67 bits per heavy atom. The molecule has 1 aromatic rings. The van der Waals surface area contributed by atoms with Crippen LogP contribution in [-0.2, 0) is 0 Å². The van der Waals surface area contributed by atoms with E-state index in [1.807, 2.05) is 6.92 Å². The number of hydrogen-bond acceptors (Lipinski definition) is 3. The van der Waals surface area contributed by atoms with Crippen LogP contribution in [0.4, 0.5) is 0 Å². The molecule has 0 aromatic carbocycles. The van der Waals surface area contributed by atoms with Gasteiger partial charge in [-0.05, 0) is 6.54 Å². The van der Waals surface area contributed by atoms with Gasteiger partial charge in [-0.2, -0.15) is 15.4 Å². The summed E-state index contributed by atoms with van der Waals surface area (Å²) in [5, 5.41) is 13.5. The van der Waals surface area contributed by atoms with Crippen molar-refractivity contribution >= 4 is 0 Å². The molecule has 0 bridgehead atoms. The monoisotopic (exact) mass is 164 g/mol. The highest BCUT2D eigenvalue weighted by atomic mass is 15.3. The average Bonchev–Trinajstić information content (AvgIpc) is 2.56. The zero-order valence-corrected chi connectivity index (χ0v) is 7.04. The molecule has 0 spiro atoms. The molecule has 0 saturated heterocycles. The molecule has 4 nitrogen and oxygen atoms in total. The first-order chi connectivity index (χ1) is 5.88. The Labute approximate surface area is 71.8 Å². The van der Waals surface area contributed by atoms with Crippen molar-refractivity contribution in [2.24, 2.45) is 0 Å². The quantitative estimate of drug-likeness (QED) is 0.636. The topological polar surface area (TPSA) is 53.6 Å². The summed E-state index contributed by atoms with van der Waals surface area (Å²) in [5.74, 6) is 2.60. The molecular weight excluding hydrogens is 152 g/mol. The lowest BCUT2D eigenvalue weighted by atomic mass is 10.1. The second-order valence-electron chi connectivity index (χ2n) is 2.41. The molecule has 1 heterocycles. The molecular formula is C8H12N4. The summed E-state index contributed by atoms with van der Waals surface area (Å²) >= 11 is 0. The van der Waals surface area contributed by atoms with Crippen LogP contribution in [-0.4, -0.2) is 22.0 Å². The van der Waals surface area contributed by atoms with Crippen LogP contribution in [0.25, 0.3) is 0 Å². The van der Waals surface area contributed by atoms with E-state index in [0.717, 1.165) is 12.2 Å². The molecule has 0 aliphatic carbocycles. The normalized spacial score (nSPS) is 12.3. The van der Waals surface area contributed by atoms with Gasteiger partial charge in [0.15, 0.2) is 0 Å². The van der Waals surface area contributed by atoms with Crippen LogP contribution >= 0.6 is 0 Å². The standard InChI is InChI=1S/C8H12N4/c1-3-5-7(9-4-2)8-6-10-12-11-8/h1,6-7,9H,4-5H2,2H3,(H,10,11,12). The van der Waals surface area contributed by atoms with Crippen molar-refractivity contribution in [1.29, 1.82) is 0 Å². The molecule has 0 radical (unpaired) electrons. The van der Waals surface area contributed by atoms with E-state index in [-0.39, 0.29) is 6.04 Å². The van der Waals surface area contributed by atoms with Gasteiger partial charge in [0.25, 0.3) is 0 Å².